The largest absolute Gasteiger partial charge is 0.548 e. The van der Waals surface area contributed by atoms with Gasteiger partial charge in [-0.15, -0.1) is 5.10 Å². The number of carboxylic acid groups (broad SMARTS) is 1. The fourth-order valence-corrected chi connectivity index (χ4v) is 1.47. The van der Waals surface area contributed by atoms with E-state index in [9.17, 15) is 23.1 Å². The van der Waals surface area contributed by atoms with Gasteiger partial charge in [-0.25, -0.2) is 4.68 Å². The summed E-state index contributed by atoms with van der Waals surface area (Å²) in [6, 6.07) is 4.29. The lowest BCUT2D eigenvalue weighted by atomic mass is 10.1. The number of rotatable bonds is 3. The van der Waals surface area contributed by atoms with Gasteiger partial charge in [0.2, 0.25) is 0 Å². The van der Waals surface area contributed by atoms with Crippen molar-refractivity contribution in [2.45, 2.75) is 12.7 Å². The van der Waals surface area contributed by atoms with Gasteiger partial charge in [0.25, 0.3) is 0 Å². The number of carbonyl (C=O) groups excluding carboxylic acids is 1. The molecule has 2 aromatic rings. The molecule has 0 fully saturated rings. The third-order valence-corrected chi connectivity index (χ3v) is 2.26. The van der Waals surface area contributed by atoms with Crippen LogP contribution in [0.15, 0.2) is 24.3 Å². The Morgan fingerprint density at radius 3 is 2.74 bits per heavy atom. The van der Waals surface area contributed by atoms with Gasteiger partial charge < -0.3 is 9.90 Å². The van der Waals surface area contributed by atoms with E-state index in [0.717, 1.165) is 16.8 Å². The molecular weight excluding hydrogens is 265 g/mol. The Labute approximate surface area is 104 Å². The Hall–Kier alpha value is -2.45. The lowest BCUT2D eigenvalue weighted by molar-refractivity contribution is -0.306. The van der Waals surface area contributed by atoms with Crippen LogP contribution in [0.3, 0.4) is 0 Å². The van der Waals surface area contributed by atoms with Gasteiger partial charge in [-0.2, -0.15) is 13.2 Å². The minimum atomic E-state index is -4.50. The number of aliphatic carboxylic acids is 1. The maximum atomic E-state index is 12.6. The molecule has 0 aliphatic rings. The van der Waals surface area contributed by atoms with Gasteiger partial charge in [-0.3, -0.25) is 0 Å². The Morgan fingerprint density at radius 2 is 2.11 bits per heavy atom. The number of hydrogen-bond donors (Lipinski definition) is 0. The highest BCUT2D eigenvalue weighted by molar-refractivity contribution is 5.65. The molecule has 0 radical (unpaired) electrons. The van der Waals surface area contributed by atoms with Gasteiger partial charge in [0.05, 0.1) is 18.1 Å². The summed E-state index contributed by atoms with van der Waals surface area (Å²) in [6.45, 7) is -0.640. The zero-order valence-corrected chi connectivity index (χ0v) is 9.26. The van der Waals surface area contributed by atoms with E-state index in [2.05, 4.69) is 15.5 Å². The standard InChI is InChI=1S/C10H7F3N4O2/c11-10(12,13)7-3-1-2-6(4-7)9-14-15-16-17(9)5-8(18)19/h1-4H,5H2,(H,18,19)/p-1. The molecule has 0 unspecified atom stereocenters. The van der Waals surface area contributed by atoms with Crippen molar-refractivity contribution in [3.05, 3.63) is 29.8 Å². The molecule has 1 aromatic carbocycles. The quantitative estimate of drug-likeness (QED) is 0.791. The fourth-order valence-electron chi connectivity index (χ4n) is 1.47. The molecule has 2 rings (SSSR count). The van der Waals surface area contributed by atoms with Crippen molar-refractivity contribution in [3.8, 4) is 11.4 Å². The number of hydrogen-bond acceptors (Lipinski definition) is 5. The molecule has 1 heterocycles. The fraction of sp³-hybridized carbons (Fsp3) is 0.200. The van der Waals surface area contributed by atoms with Crippen LogP contribution in [-0.4, -0.2) is 26.2 Å². The van der Waals surface area contributed by atoms with Gasteiger partial charge in [0.1, 0.15) is 0 Å². The lowest BCUT2D eigenvalue weighted by Gasteiger charge is -2.09. The minimum absolute atomic E-state index is 0.0704. The summed E-state index contributed by atoms with van der Waals surface area (Å²) in [7, 11) is 0. The van der Waals surface area contributed by atoms with Crippen molar-refractivity contribution in [1.82, 2.24) is 20.2 Å². The first-order valence-electron chi connectivity index (χ1n) is 5.01. The summed E-state index contributed by atoms with van der Waals surface area (Å²) in [6.07, 6.45) is -4.50. The van der Waals surface area contributed by atoms with Crippen molar-refractivity contribution in [3.63, 3.8) is 0 Å². The molecule has 6 nitrogen and oxygen atoms in total. The number of halogens is 3. The van der Waals surface area contributed by atoms with Crippen LogP contribution in [0, 0.1) is 0 Å². The molecule has 1 aromatic heterocycles. The molecule has 100 valence electrons. The van der Waals surface area contributed by atoms with E-state index in [1.54, 1.807) is 0 Å². The third-order valence-electron chi connectivity index (χ3n) is 2.26. The number of tetrazole rings is 1. The maximum Gasteiger partial charge on any atom is 0.416 e. The molecule has 0 bridgehead atoms. The number of alkyl halides is 3. The predicted octanol–water partition coefficient (Wildman–Crippen LogP) is 0.109. The number of carboxylic acids is 1. The Balaban J connectivity index is 2.42. The van der Waals surface area contributed by atoms with Crippen LogP contribution < -0.4 is 5.11 Å². The van der Waals surface area contributed by atoms with E-state index in [4.69, 9.17) is 0 Å². The van der Waals surface area contributed by atoms with Crippen molar-refractivity contribution < 1.29 is 23.1 Å². The molecule has 0 saturated heterocycles. The van der Waals surface area contributed by atoms with Crippen LogP contribution in [-0.2, 0) is 17.5 Å². The summed E-state index contributed by atoms with van der Waals surface area (Å²) >= 11 is 0. The number of aromatic nitrogens is 4. The van der Waals surface area contributed by atoms with E-state index in [1.165, 1.54) is 12.1 Å². The Bertz CT molecular complexity index is 609. The predicted molar refractivity (Wildman–Crippen MR) is 53.3 cm³/mol. The first-order chi connectivity index (χ1) is 8.88. The lowest BCUT2D eigenvalue weighted by Crippen LogP contribution is -2.28. The molecule has 0 aliphatic carbocycles. The molecule has 0 amide bonds. The molecule has 9 heteroatoms. The van der Waals surface area contributed by atoms with E-state index in [0.29, 0.717) is 0 Å². The topological polar surface area (TPSA) is 83.7 Å². The van der Waals surface area contributed by atoms with Gasteiger partial charge in [0, 0.05) is 5.56 Å². The van der Waals surface area contributed by atoms with Gasteiger partial charge in [-0.1, -0.05) is 12.1 Å². The smallest absolute Gasteiger partial charge is 0.416 e. The minimum Gasteiger partial charge on any atom is -0.548 e. The van der Waals surface area contributed by atoms with Crippen molar-refractivity contribution >= 4 is 5.97 Å². The number of carbonyl (C=O) groups is 1. The van der Waals surface area contributed by atoms with Gasteiger partial charge in [0.15, 0.2) is 5.82 Å². The molecule has 0 saturated carbocycles. The first-order valence-corrected chi connectivity index (χ1v) is 5.01. The van der Waals surface area contributed by atoms with Crippen molar-refractivity contribution in [1.29, 1.82) is 0 Å². The van der Waals surface area contributed by atoms with Crippen LogP contribution in [0.25, 0.3) is 11.4 Å². The van der Waals surface area contributed by atoms with E-state index in [1.807, 2.05) is 0 Å². The third kappa shape index (κ3) is 2.87. The SMILES string of the molecule is O=C([O-])Cn1nnnc1-c1cccc(C(F)(F)F)c1. The Morgan fingerprint density at radius 1 is 1.37 bits per heavy atom. The summed E-state index contributed by atoms with van der Waals surface area (Å²) in [5.74, 6) is -1.52. The number of benzene rings is 1. The molecular formula is C10H6F3N4O2-. The van der Waals surface area contributed by atoms with Crippen LogP contribution >= 0.6 is 0 Å². The van der Waals surface area contributed by atoms with Crippen LogP contribution in [0.2, 0.25) is 0 Å². The highest BCUT2D eigenvalue weighted by Gasteiger charge is 2.30. The molecule has 0 atom stereocenters. The monoisotopic (exact) mass is 271 g/mol. The van der Waals surface area contributed by atoms with E-state index < -0.39 is 24.3 Å². The van der Waals surface area contributed by atoms with Crippen LogP contribution in [0.4, 0.5) is 13.2 Å². The summed E-state index contributed by atoms with van der Waals surface area (Å²) in [5.41, 5.74) is -0.797. The second kappa shape index (κ2) is 4.67. The van der Waals surface area contributed by atoms with Crippen molar-refractivity contribution in [2.75, 3.05) is 0 Å². The highest BCUT2D eigenvalue weighted by atomic mass is 19.4. The van der Waals surface area contributed by atoms with Gasteiger partial charge in [-0.05, 0) is 22.6 Å². The molecule has 0 spiro atoms. The maximum absolute atomic E-state index is 12.6. The molecule has 0 N–H and O–H groups in total. The molecule has 0 aliphatic heterocycles. The highest BCUT2D eigenvalue weighted by Crippen LogP contribution is 2.31. The normalized spacial score (nSPS) is 11.5. The average molecular weight is 271 g/mol. The average Bonchev–Trinajstić information content (AvgIpc) is 2.75. The van der Waals surface area contributed by atoms with Crippen LogP contribution in [0.1, 0.15) is 5.56 Å². The number of nitrogens with zero attached hydrogens (tertiary/aromatic N) is 4. The van der Waals surface area contributed by atoms with E-state index >= 15 is 0 Å². The van der Waals surface area contributed by atoms with Crippen LogP contribution in [0.5, 0.6) is 0 Å². The van der Waals surface area contributed by atoms with E-state index in [-0.39, 0.29) is 11.4 Å². The zero-order valence-electron chi connectivity index (χ0n) is 9.26. The summed E-state index contributed by atoms with van der Waals surface area (Å²) < 4.78 is 38.5. The zero-order chi connectivity index (χ0) is 14.0. The summed E-state index contributed by atoms with van der Waals surface area (Å²) in [5, 5.41) is 20.6. The van der Waals surface area contributed by atoms with Crippen molar-refractivity contribution in [2.24, 2.45) is 0 Å². The Kier molecular flexibility index (Phi) is 3.19. The molecule has 19 heavy (non-hydrogen) atoms. The first kappa shape index (κ1) is 13.0. The second-order valence-corrected chi connectivity index (χ2v) is 3.61. The van der Waals surface area contributed by atoms with Gasteiger partial charge >= 0.3 is 6.18 Å². The summed E-state index contributed by atoms with van der Waals surface area (Å²) in [4.78, 5) is 10.5. The second-order valence-electron chi connectivity index (χ2n) is 3.61.